The molecule has 4 aromatic carbocycles. The van der Waals surface area contributed by atoms with Gasteiger partial charge in [-0.1, -0.05) is 84.4 Å². The summed E-state index contributed by atoms with van der Waals surface area (Å²) in [6, 6.07) is 35.9. The third kappa shape index (κ3) is 4.12. The summed E-state index contributed by atoms with van der Waals surface area (Å²) in [5.41, 5.74) is 3.46. The van der Waals surface area contributed by atoms with Gasteiger partial charge in [-0.2, -0.15) is 0 Å². The van der Waals surface area contributed by atoms with E-state index in [1.807, 2.05) is 24.3 Å². The molecule has 4 aromatic rings. The van der Waals surface area contributed by atoms with Gasteiger partial charge in [0, 0.05) is 21.7 Å². The molecule has 0 saturated heterocycles. The van der Waals surface area contributed by atoms with E-state index >= 15 is 0 Å². The molecule has 0 aromatic heterocycles. The van der Waals surface area contributed by atoms with E-state index in [9.17, 15) is 0 Å². The predicted octanol–water partition coefficient (Wildman–Crippen LogP) is 6.15. The van der Waals surface area contributed by atoms with E-state index in [4.69, 9.17) is 11.6 Å². The Balaban J connectivity index is 1.85. The molecule has 4 rings (SSSR count). The number of halogens is 1. The molecular formula is C25H21ClNP. The van der Waals surface area contributed by atoms with E-state index in [0.717, 1.165) is 16.4 Å². The molecular weight excluding hydrogens is 381 g/mol. The van der Waals surface area contributed by atoms with Crippen LogP contribution in [0.2, 0.25) is 5.02 Å². The number of benzene rings is 4. The van der Waals surface area contributed by atoms with Crippen LogP contribution in [0.4, 0.5) is 11.4 Å². The second-order valence-electron chi connectivity index (χ2n) is 6.61. The number of nitrogens with one attached hydrogen (secondary N) is 1. The largest absolute Gasteiger partial charge is 0.355 e. The molecule has 138 valence electrons. The number of aryl methyl sites for hydroxylation is 1. The first-order chi connectivity index (χ1) is 13.7. The Labute approximate surface area is 172 Å². The Morgan fingerprint density at radius 2 is 1.21 bits per heavy atom. The first kappa shape index (κ1) is 18.7. The number of hydrogen-bond acceptors (Lipinski definition) is 1. The van der Waals surface area contributed by atoms with Gasteiger partial charge in [0.15, 0.2) is 0 Å². The highest BCUT2D eigenvalue weighted by Crippen LogP contribution is 2.37. The van der Waals surface area contributed by atoms with Crippen molar-refractivity contribution < 1.29 is 0 Å². The summed E-state index contributed by atoms with van der Waals surface area (Å²) in [5.74, 6) is 0. The zero-order chi connectivity index (χ0) is 19.3. The van der Waals surface area contributed by atoms with E-state index in [2.05, 4.69) is 91.1 Å². The predicted molar refractivity (Wildman–Crippen MR) is 125 cm³/mol. The maximum absolute atomic E-state index is 6.06. The Kier molecular flexibility index (Phi) is 5.76. The van der Waals surface area contributed by atoms with Gasteiger partial charge in [-0.3, -0.25) is 0 Å². The monoisotopic (exact) mass is 401 g/mol. The van der Waals surface area contributed by atoms with Gasteiger partial charge in [-0.05, 0) is 61.3 Å². The molecule has 0 atom stereocenters. The molecule has 1 N–H and O–H groups in total. The van der Waals surface area contributed by atoms with E-state index in [-0.39, 0.29) is 0 Å². The highest BCUT2D eigenvalue weighted by molar-refractivity contribution is 7.80. The summed E-state index contributed by atoms with van der Waals surface area (Å²) in [6.45, 7) is 2.20. The van der Waals surface area contributed by atoms with Crippen LogP contribution in [0.5, 0.6) is 0 Å². The number of hydrogen-bond donors (Lipinski definition) is 1. The minimum Gasteiger partial charge on any atom is -0.355 e. The fourth-order valence-corrected chi connectivity index (χ4v) is 5.99. The maximum Gasteiger partial charge on any atom is 0.0471 e. The third-order valence-electron chi connectivity index (χ3n) is 4.61. The zero-order valence-electron chi connectivity index (χ0n) is 15.6. The van der Waals surface area contributed by atoms with Gasteiger partial charge < -0.3 is 5.32 Å². The summed E-state index contributed by atoms with van der Waals surface area (Å²) in [7, 11) is -0.679. The molecule has 3 heteroatoms. The average molecular weight is 402 g/mol. The molecule has 0 radical (unpaired) electrons. The van der Waals surface area contributed by atoms with E-state index in [1.165, 1.54) is 21.5 Å². The molecule has 0 unspecified atom stereocenters. The van der Waals surface area contributed by atoms with Crippen LogP contribution in [-0.2, 0) is 0 Å². The lowest BCUT2D eigenvalue weighted by Gasteiger charge is -2.25. The van der Waals surface area contributed by atoms with Gasteiger partial charge >= 0.3 is 0 Å². The van der Waals surface area contributed by atoms with Crippen LogP contribution in [-0.4, -0.2) is 0 Å². The molecule has 0 fully saturated rings. The van der Waals surface area contributed by atoms with Crippen LogP contribution >= 0.6 is 19.5 Å². The molecule has 1 nitrogen and oxygen atoms in total. The van der Waals surface area contributed by atoms with Crippen LogP contribution in [0, 0.1) is 6.92 Å². The molecule has 0 aliphatic rings. The van der Waals surface area contributed by atoms with Gasteiger partial charge in [0.2, 0.25) is 0 Å². The normalized spacial score (nSPS) is 10.8. The molecule has 0 heterocycles. The Hall–Kier alpha value is -2.60. The molecule has 0 saturated carbocycles. The molecule has 0 bridgehead atoms. The SMILES string of the molecule is Cc1cccc(Nc2ccc(Cl)cc2)c1P(c1ccccc1)c1ccccc1. The second kappa shape index (κ2) is 8.61. The average Bonchev–Trinajstić information content (AvgIpc) is 2.73. The molecule has 0 amide bonds. The van der Waals surface area contributed by atoms with Crippen molar-refractivity contribution in [3.8, 4) is 0 Å². The van der Waals surface area contributed by atoms with Crippen molar-refractivity contribution >= 4 is 46.8 Å². The van der Waals surface area contributed by atoms with Crippen molar-refractivity contribution in [2.45, 2.75) is 6.92 Å². The van der Waals surface area contributed by atoms with Gasteiger partial charge in [-0.15, -0.1) is 0 Å². The molecule has 0 spiro atoms. The summed E-state index contributed by atoms with van der Waals surface area (Å²) < 4.78 is 0. The summed E-state index contributed by atoms with van der Waals surface area (Å²) >= 11 is 6.06. The van der Waals surface area contributed by atoms with Gasteiger partial charge in [-0.25, -0.2) is 0 Å². The Morgan fingerprint density at radius 1 is 0.643 bits per heavy atom. The summed E-state index contributed by atoms with van der Waals surface area (Å²) in [4.78, 5) is 0. The lowest BCUT2D eigenvalue weighted by molar-refractivity contribution is 1.49. The summed E-state index contributed by atoms with van der Waals surface area (Å²) in [6.07, 6.45) is 0. The van der Waals surface area contributed by atoms with Crippen LogP contribution in [0.1, 0.15) is 5.56 Å². The number of anilines is 2. The standard InChI is InChI=1S/C25H21ClNP/c1-19-9-8-14-24(27-21-17-15-20(26)16-18-21)25(19)28(22-10-4-2-5-11-22)23-12-6-3-7-13-23/h2-18,27H,1H3. The fraction of sp³-hybridized carbons (Fsp3) is 0.0400. The lowest BCUT2D eigenvalue weighted by Crippen LogP contribution is -2.24. The molecule has 0 aliphatic heterocycles. The highest BCUT2D eigenvalue weighted by atomic mass is 35.5. The number of rotatable bonds is 5. The van der Waals surface area contributed by atoms with E-state index in [0.29, 0.717) is 0 Å². The quantitative estimate of drug-likeness (QED) is 0.395. The first-order valence-corrected chi connectivity index (χ1v) is 11.0. The van der Waals surface area contributed by atoms with Crippen molar-refractivity contribution in [3.05, 3.63) is 114 Å². The molecule has 28 heavy (non-hydrogen) atoms. The van der Waals surface area contributed by atoms with Crippen molar-refractivity contribution in [2.75, 3.05) is 5.32 Å². The maximum atomic E-state index is 6.06. The van der Waals surface area contributed by atoms with Crippen molar-refractivity contribution in [1.29, 1.82) is 0 Å². The first-order valence-electron chi connectivity index (χ1n) is 9.25. The lowest BCUT2D eigenvalue weighted by atomic mass is 10.2. The minimum absolute atomic E-state index is 0.679. The minimum atomic E-state index is -0.679. The van der Waals surface area contributed by atoms with Crippen LogP contribution in [0.3, 0.4) is 0 Å². The molecule has 0 aliphatic carbocycles. The van der Waals surface area contributed by atoms with E-state index in [1.54, 1.807) is 0 Å². The van der Waals surface area contributed by atoms with Crippen molar-refractivity contribution in [1.82, 2.24) is 0 Å². The summed E-state index contributed by atoms with van der Waals surface area (Å²) in [5, 5.41) is 8.40. The smallest absolute Gasteiger partial charge is 0.0471 e. The van der Waals surface area contributed by atoms with Crippen LogP contribution in [0.15, 0.2) is 103 Å². The van der Waals surface area contributed by atoms with Crippen LogP contribution in [0.25, 0.3) is 0 Å². The van der Waals surface area contributed by atoms with Crippen molar-refractivity contribution in [3.63, 3.8) is 0 Å². The van der Waals surface area contributed by atoms with Gasteiger partial charge in [0.25, 0.3) is 0 Å². The van der Waals surface area contributed by atoms with Gasteiger partial charge in [0.05, 0.1) is 0 Å². The highest BCUT2D eigenvalue weighted by Gasteiger charge is 2.21. The third-order valence-corrected chi connectivity index (χ3v) is 7.54. The Bertz CT molecular complexity index is 1010. The topological polar surface area (TPSA) is 12.0 Å². The van der Waals surface area contributed by atoms with Crippen molar-refractivity contribution in [2.24, 2.45) is 0 Å². The zero-order valence-corrected chi connectivity index (χ0v) is 17.3. The van der Waals surface area contributed by atoms with Crippen LogP contribution < -0.4 is 21.2 Å². The Morgan fingerprint density at radius 3 is 1.79 bits per heavy atom. The second-order valence-corrected chi connectivity index (χ2v) is 9.20. The van der Waals surface area contributed by atoms with E-state index < -0.39 is 7.92 Å². The fourth-order valence-electron chi connectivity index (χ4n) is 3.31. The van der Waals surface area contributed by atoms with Gasteiger partial charge in [0.1, 0.15) is 0 Å².